The van der Waals surface area contributed by atoms with Crippen LogP contribution in [0, 0.1) is 0 Å². The predicted molar refractivity (Wildman–Crippen MR) is 149 cm³/mol. The van der Waals surface area contributed by atoms with Crippen LogP contribution in [0.5, 0.6) is 23.0 Å². The number of rotatable bonds is 8. The average molecular weight is 613 g/mol. The van der Waals surface area contributed by atoms with Crippen molar-refractivity contribution >= 4 is 55.1 Å². The minimum atomic E-state index is -4.79. The predicted octanol–water partition coefficient (Wildman–Crippen LogP) is 6.00. The van der Waals surface area contributed by atoms with Gasteiger partial charge in [-0.15, -0.1) is 0 Å². The second-order valence-corrected chi connectivity index (χ2v) is 11.3. The zero-order chi connectivity index (χ0) is 30.7. The fourth-order valence-corrected chi connectivity index (χ4v) is 4.86. The molecule has 4 aromatic rings. The molecule has 0 radical (unpaired) electrons. The Morgan fingerprint density at radius 3 is 1.07 bits per heavy atom. The number of phenolic OH excluding ortho intramolecular Hbond substituents is 4. The lowest BCUT2D eigenvalue weighted by Gasteiger charge is -2.06. The highest BCUT2D eigenvalue weighted by atomic mass is 32.2. The van der Waals surface area contributed by atoms with E-state index in [1.54, 1.807) is 0 Å². The molecular formula is C26H20N4O10S2. The molecule has 0 aliphatic heterocycles. The molecule has 0 aliphatic carbocycles. The molecule has 14 nitrogen and oxygen atoms in total. The number of hydrogen-bond donors (Lipinski definition) is 6. The molecular weight excluding hydrogens is 592 g/mol. The summed E-state index contributed by atoms with van der Waals surface area (Å²) in [6.07, 6.45) is 2.37. The highest BCUT2D eigenvalue weighted by Crippen LogP contribution is 2.33. The van der Waals surface area contributed by atoms with E-state index >= 15 is 0 Å². The van der Waals surface area contributed by atoms with Gasteiger partial charge in [-0.1, -0.05) is 24.3 Å². The third-order valence-electron chi connectivity index (χ3n) is 5.47. The summed E-state index contributed by atoms with van der Waals surface area (Å²) in [7, 11) is -9.59. The van der Waals surface area contributed by atoms with Crippen molar-refractivity contribution in [1.82, 2.24) is 0 Å². The normalized spacial score (nSPS) is 12.5. The van der Waals surface area contributed by atoms with Crippen LogP contribution in [-0.2, 0) is 20.2 Å². The van der Waals surface area contributed by atoms with Crippen LogP contribution in [0.25, 0.3) is 12.2 Å². The summed E-state index contributed by atoms with van der Waals surface area (Å²) in [6, 6.07) is 14.6. The third kappa shape index (κ3) is 7.32. The number of nitrogens with zero attached hydrogens (tertiary/aromatic N) is 4. The Morgan fingerprint density at radius 2 is 0.762 bits per heavy atom. The number of aromatic hydroxyl groups is 4. The van der Waals surface area contributed by atoms with E-state index in [1.807, 2.05) is 0 Å². The molecule has 16 heteroatoms. The summed E-state index contributed by atoms with van der Waals surface area (Å²) in [5.74, 6) is -1.62. The van der Waals surface area contributed by atoms with E-state index in [0.29, 0.717) is 0 Å². The van der Waals surface area contributed by atoms with E-state index in [-0.39, 0.29) is 45.4 Å². The molecule has 0 fully saturated rings. The van der Waals surface area contributed by atoms with Gasteiger partial charge < -0.3 is 20.4 Å². The van der Waals surface area contributed by atoms with Crippen molar-refractivity contribution in [2.75, 3.05) is 0 Å². The molecule has 0 unspecified atom stereocenters. The van der Waals surface area contributed by atoms with Gasteiger partial charge in [0.2, 0.25) is 0 Å². The Bertz CT molecular complexity index is 1850. The van der Waals surface area contributed by atoms with Crippen molar-refractivity contribution < 1.29 is 46.4 Å². The second-order valence-electron chi connectivity index (χ2n) is 8.47. The van der Waals surface area contributed by atoms with Crippen molar-refractivity contribution in [3.05, 3.63) is 83.9 Å². The summed E-state index contributed by atoms with van der Waals surface area (Å²) in [4.78, 5) is -1.17. The Kier molecular flexibility index (Phi) is 8.34. The maximum absolute atomic E-state index is 12.1. The molecule has 0 saturated carbocycles. The first-order valence-electron chi connectivity index (χ1n) is 11.5. The maximum atomic E-state index is 12.1. The minimum Gasteiger partial charge on any atom is -0.504 e. The van der Waals surface area contributed by atoms with Crippen LogP contribution < -0.4 is 0 Å². The molecule has 0 aliphatic rings. The molecule has 4 aromatic carbocycles. The molecule has 42 heavy (non-hydrogen) atoms. The smallest absolute Gasteiger partial charge is 0.295 e. The number of hydrogen-bond acceptors (Lipinski definition) is 12. The molecule has 6 N–H and O–H groups in total. The van der Waals surface area contributed by atoms with E-state index in [1.165, 1.54) is 60.7 Å². The van der Waals surface area contributed by atoms with E-state index in [4.69, 9.17) is 0 Å². The monoisotopic (exact) mass is 612 g/mol. The maximum Gasteiger partial charge on any atom is 0.295 e. The van der Waals surface area contributed by atoms with Crippen LogP contribution in [0.1, 0.15) is 11.1 Å². The lowest BCUT2D eigenvalue weighted by molar-refractivity contribution is 0.404. The molecule has 0 amide bonds. The van der Waals surface area contributed by atoms with Crippen molar-refractivity contribution in [2.45, 2.75) is 9.79 Å². The second kappa shape index (κ2) is 11.8. The average Bonchev–Trinajstić information content (AvgIpc) is 2.92. The fourth-order valence-electron chi connectivity index (χ4n) is 3.45. The molecule has 0 bridgehead atoms. The zero-order valence-electron chi connectivity index (χ0n) is 21.0. The van der Waals surface area contributed by atoms with Gasteiger partial charge >= 0.3 is 0 Å². The van der Waals surface area contributed by atoms with Crippen molar-refractivity contribution in [3.63, 3.8) is 0 Å². The first kappa shape index (κ1) is 29.8. The van der Waals surface area contributed by atoms with Gasteiger partial charge in [0.05, 0.1) is 22.7 Å². The molecule has 0 heterocycles. The van der Waals surface area contributed by atoms with Gasteiger partial charge in [0.1, 0.15) is 9.79 Å². The first-order chi connectivity index (χ1) is 19.7. The molecule has 0 spiro atoms. The van der Waals surface area contributed by atoms with Crippen molar-refractivity contribution in [2.24, 2.45) is 20.5 Å². The van der Waals surface area contributed by atoms with Crippen LogP contribution in [0.3, 0.4) is 0 Å². The zero-order valence-corrected chi connectivity index (χ0v) is 22.6. The minimum absolute atomic E-state index is 0.00243. The summed E-state index contributed by atoms with van der Waals surface area (Å²) in [5.41, 5.74) is 0.173. The molecule has 0 saturated heterocycles. The van der Waals surface area contributed by atoms with Crippen LogP contribution in [0.2, 0.25) is 0 Å². The van der Waals surface area contributed by atoms with E-state index in [2.05, 4.69) is 20.5 Å². The van der Waals surface area contributed by atoms with Gasteiger partial charge in [-0.3, -0.25) is 9.11 Å². The van der Waals surface area contributed by atoms with Crippen molar-refractivity contribution in [3.8, 4) is 23.0 Å². The topological polar surface area (TPSA) is 239 Å². The number of phenols is 4. The summed E-state index contributed by atoms with van der Waals surface area (Å²) < 4.78 is 67.8. The van der Waals surface area contributed by atoms with Gasteiger partial charge in [-0.25, -0.2) is 0 Å². The van der Waals surface area contributed by atoms with Gasteiger partial charge in [0.15, 0.2) is 23.0 Å². The Labute approximate surface area is 238 Å². The third-order valence-corrected chi connectivity index (χ3v) is 7.29. The van der Waals surface area contributed by atoms with Crippen LogP contribution in [0.15, 0.2) is 103 Å². The van der Waals surface area contributed by atoms with Crippen LogP contribution in [0.4, 0.5) is 22.7 Å². The standard InChI is InChI=1S/C26H20N4O10S2/c31-21-9-7-17(11-23(21)33)27-29-19-5-3-15(25(13-19)41(35,36)37)1-2-16-4-6-20(14-26(16)42(38,39)40)30-28-18-8-10-22(32)24(34)12-18/h1-14,31-34H,(H,35,36,37)(H,38,39,40)/b2-1+,29-27+,30-28+. The molecule has 0 aromatic heterocycles. The largest absolute Gasteiger partial charge is 0.504 e. The highest BCUT2D eigenvalue weighted by molar-refractivity contribution is 7.86. The van der Waals surface area contributed by atoms with E-state index in [9.17, 15) is 46.4 Å². The quantitative estimate of drug-likeness (QED) is 0.0586. The van der Waals surface area contributed by atoms with Gasteiger partial charge in [-0.2, -0.15) is 37.3 Å². The number of benzene rings is 4. The lowest BCUT2D eigenvalue weighted by Crippen LogP contribution is -2.01. The van der Waals surface area contributed by atoms with E-state index < -0.39 is 41.5 Å². The number of azo groups is 2. The molecule has 216 valence electrons. The Balaban J connectivity index is 1.66. The molecule has 4 rings (SSSR count). The summed E-state index contributed by atoms with van der Waals surface area (Å²) in [6.45, 7) is 0. The Hall–Kier alpha value is -5.16. The Morgan fingerprint density at radius 1 is 0.452 bits per heavy atom. The van der Waals surface area contributed by atoms with E-state index in [0.717, 1.165) is 24.3 Å². The summed E-state index contributed by atoms with van der Waals surface area (Å²) in [5, 5.41) is 53.3. The fraction of sp³-hybridized carbons (Fsp3) is 0. The van der Waals surface area contributed by atoms with Gasteiger partial charge in [-0.05, 0) is 59.7 Å². The van der Waals surface area contributed by atoms with Gasteiger partial charge in [0, 0.05) is 12.1 Å². The molecule has 0 atom stereocenters. The lowest BCUT2D eigenvalue weighted by atomic mass is 10.1. The van der Waals surface area contributed by atoms with Crippen LogP contribution in [-0.4, -0.2) is 46.4 Å². The SMILES string of the molecule is O=S(=O)(O)c1cc(/N=N/c2ccc(O)c(O)c2)ccc1/C=C/c1ccc(/N=N/c2ccc(O)c(O)c2)cc1S(=O)(=O)O. The van der Waals surface area contributed by atoms with Gasteiger partial charge in [0.25, 0.3) is 20.2 Å². The van der Waals surface area contributed by atoms with Crippen molar-refractivity contribution in [1.29, 1.82) is 0 Å². The van der Waals surface area contributed by atoms with Crippen LogP contribution >= 0.6 is 0 Å². The highest BCUT2D eigenvalue weighted by Gasteiger charge is 2.18. The first-order valence-corrected chi connectivity index (χ1v) is 14.4. The summed E-state index contributed by atoms with van der Waals surface area (Å²) >= 11 is 0.